The molecule has 1 aromatic heterocycles. The van der Waals surface area contributed by atoms with Gasteiger partial charge in [0, 0.05) is 16.1 Å². The van der Waals surface area contributed by atoms with E-state index in [1.54, 1.807) is 6.20 Å². The van der Waals surface area contributed by atoms with Crippen LogP contribution in [-0.4, -0.2) is 18.2 Å². The third-order valence-electron chi connectivity index (χ3n) is 3.01. The van der Waals surface area contributed by atoms with Crippen molar-refractivity contribution < 1.29 is 9.47 Å². The fourth-order valence-electron chi connectivity index (χ4n) is 2.07. The molecule has 0 N–H and O–H groups in total. The molecule has 21 heavy (non-hydrogen) atoms. The molecular weight excluding hydrogens is 330 g/mol. The fourth-order valence-corrected chi connectivity index (χ4v) is 2.45. The molecule has 0 bridgehead atoms. The molecule has 0 aliphatic carbocycles. The van der Waals surface area contributed by atoms with Crippen molar-refractivity contribution in [2.75, 3.05) is 13.2 Å². The maximum absolute atomic E-state index is 5.79. The Labute approximate surface area is 131 Å². The normalized spacial score (nSPS) is 10.5. The van der Waals surface area contributed by atoms with Gasteiger partial charge in [0.2, 0.25) is 0 Å². The number of fused-ring (bicyclic) bond motifs is 1. The Kier molecular flexibility index (Phi) is 4.36. The summed E-state index contributed by atoms with van der Waals surface area (Å²) in [5.74, 6) is 1.66. The largest absolute Gasteiger partial charge is 0.490 e. The van der Waals surface area contributed by atoms with E-state index in [0.29, 0.717) is 13.2 Å². The molecule has 0 radical (unpaired) electrons. The summed E-state index contributed by atoms with van der Waals surface area (Å²) in [4.78, 5) is 4.31. The van der Waals surface area contributed by atoms with Gasteiger partial charge in [0.05, 0.1) is 5.52 Å². The average Bonchev–Trinajstić information content (AvgIpc) is 2.52. The second-order valence-corrected chi connectivity index (χ2v) is 5.40. The van der Waals surface area contributed by atoms with Crippen molar-refractivity contribution in [2.45, 2.75) is 0 Å². The van der Waals surface area contributed by atoms with Gasteiger partial charge in [0.1, 0.15) is 24.7 Å². The van der Waals surface area contributed by atoms with Crippen LogP contribution in [0.3, 0.4) is 0 Å². The highest BCUT2D eigenvalue weighted by atomic mass is 79.9. The Morgan fingerprint density at radius 3 is 2.67 bits per heavy atom. The minimum Gasteiger partial charge on any atom is -0.490 e. The van der Waals surface area contributed by atoms with Crippen molar-refractivity contribution in [2.24, 2.45) is 0 Å². The van der Waals surface area contributed by atoms with Crippen LogP contribution in [0.2, 0.25) is 0 Å². The number of aromatic nitrogens is 1. The van der Waals surface area contributed by atoms with E-state index in [4.69, 9.17) is 9.47 Å². The lowest BCUT2D eigenvalue weighted by molar-refractivity contribution is 0.218. The number of pyridine rings is 1. The molecule has 0 saturated heterocycles. The summed E-state index contributed by atoms with van der Waals surface area (Å²) in [5.41, 5.74) is 0.933. The molecule has 2 aromatic carbocycles. The lowest BCUT2D eigenvalue weighted by atomic mass is 10.2. The smallest absolute Gasteiger partial charge is 0.128 e. The second-order valence-electron chi connectivity index (χ2n) is 4.48. The summed E-state index contributed by atoms with van der Waals surface area (Å²) in [7, 11) is 0. The van der Waals surface area contributed by atoms with Crippen molar-refractivity contribution in [3.63, 3.8) is 0 Å². The minimum atomic E-state index is 0.487. The van der Waals surface area contributed by atoms with Gasteiger partial charge in [-0.05, 0) is 42.5 Å². The second kappa shape index (κ2) is 6.59. The zero-order valence-electron chi connectivity index (χ0n) is 11.3. The maximum Gasteiger partial charge on any atom is 0.128 e. The van der Waals surface area contributed by atoms with E-state index in [9.17, 15) is 0 Å². The Morgan fingerprint density at radius 2 is 1.76 bits per heavy atom. The first-order chi connectivity index (χ1) is 10.3. The van der Waals surface area contributed by atoms with Crippen molar-refractivity contribution in [1.82, 2.24) is 4.98 Å². The minimum absolute atomic E-state index is 0.487. The number of ether oxygens (including phenoxy) is 2. The molecule has 3 aromatic rings. The molecule has 0 saturated carbocycles. The summed E-state index contributed by atoms with van der Waals surface area (Å²) in [5, 5.41) is 1.02. The van der Waals surface area contributed by atoms with Crippen LogP contribution in [0.1, 0.15) is 0 Å². The van der Waals surface area contributed by atoms with E-state index in [-0.39, 0.29) is 0 Å². The van der Waals surface area contributed by atoms with Crippen LogP contribution in [0.5, 0.6) is 11.5 Å². The Hall–Kier alpha value is -2.07. The first-order valence-electron chi connectivity index (χ1n) is 6.68. The van der Waals surface area contributed by atoms with E-state index in [0.717, 1.165) is 26.9 Å². The monoisotopic (exact) mass is 343 g/mol. The Morgan fingerprint density at radius 1 is 0.905 bits per heavy atom. The number of rotatable bonds is 5. The lowest BCUT2D eigenvalue weighted by Crippen LogP contribution is -2.09. The van der Waals surface area contributed by atoms with Crippen LogP contribution >= 0.6 is 15.9 Å². The van der Waals surface area contributed by atoms with Crippen molar-refractivity contribution in [3.05, 3.63) is 65.3 Å². The van der Waals surface area contributed by atoms with E-state index < -0.39 is 0 Å². The highest BCUT2D eigenvalue weighted by Crippen LogP contribution is 2.23. The topological polar surface area (TPSA) is 31.4 Å². The summed E-state index contributed by atoms with van der Waals surface area (Å²) >= 11 is 3.42. The molecule has 3 rings (SSSR count). The van der Waals surface area contributed by atoms with Gasteiger partial charge in [-0.25, -0.2) is 0 Å². The summed E-state index contributed by atoms with van der Waals surface area (Å²) in [6.07, 6.45) is 1.78. The molecule has 0 spiro atoms. The zero-order chi connectivity index (χ0) is 14.5. The van der Waals surface area contributed by atoms with Gasteiger partial charge in [0.15, 0.2) is 0 Å². The zero-order valence-corrected chi connectivity index (χ0v) is 12.9. The van der Waals surface area contributed by atoms with Crippen LogP contribution in [0.15, 0.2) is 65.3 Å². The first kappa shape index (κ1) is 13.9. The molecule has 0 aliphatic rings. The Bertz CT molecular complexity index is 740. The van der Waals surface area contributed by atoms with Gasteiger partial charge in [-0.15, -0.1) is 0 Å². The molecule has 4 heteroatoms. The van der Waals surface area contributed by atoms with Gasteiger partial charge in [-0.3, -0.25) is 4.98 Å². The van der Waals surface area contributed by atoms with Crippen molar-refractivity contribution in [1.29, 1.82) is 0 Å². The first-order valence-corrected chi connectivity index (χ1v) is 7.47. The fraction of sp³-hybridized carbons (Fsp3) is 0.118. The number of halogens is 1. The van der Waals surface area contributed by atoms with E-state index in [1.165, 1.54) is 0 Å². The molecule has 1 heterocycles. The van der Waals surface area contributed by atoms with Crippen LogP contribution < -0.4 is 9.47 Å². The van der Waals surface area contributed by atoms with Gasteiger partial charge >= 0.3 is 0 Å². The molecule has 106 valence electrons. The highest BCUT2D eigenvalue weighted by molar-refractivity contribution is 9.10. The third-order valence-corrected chi connectivity index (χ3v) is 3.50. The lowest BCUT2D eigenvalue weighted by Gasteiger charge is -2.10. The van der Waals surface area contributed by atoms with Gasteiger partial charge in [0.25, 0.3) is 0 Å². The van der Waals surface area contributed by atoms with Crippen LogP contribution in [0.25, 0.3) is 10.9 Å². The van der Waals surface area contributed by atoms with Crippen LogP contribution in [0, 0.1) is 0 Å². The van der Waals surface area contributed by atoms with Crippen LogP contribution in [0.4, 0.5) is 0 Å². The molecule has 0 unspecified atom stereocenters. The number of benzene rings is 2. The van der Waals surface area contributed by atoms with Gasteiger partial charge in [-0.2, -0.15) is 0 Å². The molecular formula is C17H14BrNO2. The average molecular weight is 344 g/mol. The summed E-state index contributed by atoms with van der Waals surface area (Å²) < 4.78 is 12.4. The standard InChI is InChI=1S/C17H14BrNO2/c18-13-4-1-5-14(12-13)20-10-11-21-17-8-2-7-16-15(17)6-3-9-19-16/h1-9,12H,10-11H2. The molecule has 0 aliphatic heterocycles. The summed E-state index contributed by atoms with van der Waals surface area (Å²) in [6, 6.07) is 17.5. The third kappa shape index (κ3) is 3.52. The van der Waals surface area contributed by atoms with Crippen LogP contribution in [-0.2, 0) is 0 Å². The predicted octanol–water partition coefficient (Wildman–Crippen LogP) is 4.46. The molecule has 3 nitrogen and oxygen atoms in total. The number of nitrogens with zero attached hydrogens (tertiary/aromatic N) is 1. The van der Waals surface area contributed by atoms with E-state index >= 15 is 0 Å². The molecule has 0 atom stereocenters. The molecule has 0 fully saturated rings. The molecule has 0 amide bonds. The maximum atomic E-state index is 5.79. The SMILES string of the molecule is Brc1cccc(OCCOc2cccc3ncccc23)c1. The van der Waals surface area contributed by atoms with Gasteiger partial charge < -0.3 is 9.47 Å². The van der Waals surface area contributed by atoms with Crippen molar-refractivity contribution >= 4 is 26.8 Å². The van der Waals surface area contributed by atoms with E-state index in [2.05, 4.69) is 20.9 Å². The predicted molar refractivity (Wildman–Crippen MR) is 86.9 cm³/mol. The van der Waals surface area contributed by atoms with E-state index in [1.807, 2.05) is 54.6 Å². The van der Waals surface area contributed by atoms with Gasteiger partial charge in [-0.1, -0.05) is 28.1 Å². The quantitative estimate of drug-likeness (QED) is 0.641. The summed E-state index contributed by atoms with van der Waals surface area (Å²) in [6.45, 7) is 0.980. The number of hydrogen-bond acceptors (Lipinski definition) is 3. The Balaban J connectivity index is 1.60. The van der Waals surface area contributed by atoms with Crippen molar-refractivity contribution in [3.8, 4) is 11.5 Å². The highest BCUT2D eigenvalue weighted by Gasteiger charge is 2.02. The number of hydrogen-bond donors (Lipinski definition) is 0.